The van der Waals surface area contributed by atoms with Gasteiger partial charge in [-0.1, -0.05) is 18.2 Å². The van der Waals surface area contributed by atoms with Crippen LogP contribution in [0, 0.1) is 5.82 Å². The third kappa shape index (κ3) is 5.44. The van der Waals surface area contributed by atoms with Crippen LogP contribution in [-0.2, 0) is 6.18 Å². The summed E-state index contributed by atoms with van der Waals surface area (Å²) in [6.07, 6.45) is -4.50. The number of hydrogen-bond acceptors (Lipinski definition) is 2. The molecular formula is C18H19ClF4N2O. The zero-order chi connectivity index (χ0) is 18.6. The standard InChI is InChI=1S/C18H18F4N2O.ClH/c1-11(23-2)10-24-17(25)16-9-14(19)6-7-15(16)12-4-3-5-13(8-12)18(20,21)22;/h3-9,11,23H,10H2,1-2H3,(H,24,25);1H. The smallest absolute Gasteiger partial charge is 0.350 e. The third-order valence-corrected chi connectivity index (χ3v) is 3.79. The third-order valence-electron chi connectivity index (χ3n) is 3.79. The molecule has 2 aromatic rings. The molecule has 2 rings (SSSR count). The molecule has 1 atom stereocenters. The minimum atomic E-state index is -4.50. The van der Waals surface area contributed by atoms with Crippen LogP contribution in [0.4, 0.5) is 17.6 Å². The van der Waals surface area contributed by atoms with E-state index >= 15 is 0 Å². The second-order valence-corrected chi connectivity index (χ2v) is 5.67. The van der Waals surface area contributed by atoms with Crippen LogP contribution < -0.4 is 10.6 Å². The van der Waals surface area contributed by atoms with E-state index in [0.717, 1.165) is 24.3 Å². The molecule has 2 aromatic carbocycles. The largest absolute Gasteiger partial charge is 0.416 e. The van der Waals surface area contributed by atoms with Gasteiger partial charge in [-0.3, -0.25) is 4.79 Å². The number of likely N-dealkylation sites (N-methyl/N-ethyl adjacent to an activating group) is 1. The molecule has 142 valence electrons. The van der Waals surface area contributed by atoms with Gasteiger partial charge in [0.05, 0.1) is 11.1 Å². The average molecular weight is 391 g/mol. The summed E-state index contributed by atoms with van der Waals surface area (Å²) in [7, 11) is 1.73. The lowest BCUT2D eigenvalue weighted by Gasteiger charge is -2.15. The maximum absolute atomic E-state index is 13.6. The molecule has 0 bridgehead atoms. The molecule has 0 aliphatic rings. The van der Waals surface area contributed by atoms with Crippen molar-refractivity contribution in [3.8, 4) is 11.1 Å². The number of benzene rings is 2. The van der Waals surface area contributed by atoms with Crippen LogP contribution in [-0.4, -0.2) is 25.5 Å². The van der Waals surface area contributed by atoms with E-state index in [0.29, 0.717) is 6.54 Å². The van der Waals surface area contributed by atoms with Gasteiger partial charge >= 0.3 is 6.18 Å². The summed E-state index contributed by atoms with van der Waals surface area (Å²) in [4.78, 5) is 12.4. The van der Waals surface area contributed by atoms with Gasteiger partial charge in [0.2, 0.25) is 0 Å². The first-order chi connectivity index (χ1) is 11.7. The predicted octanol–water partition coefficient (Wildman–Crippen LogP) is 4.27. The summed E-state index contributed by atoms with van der Waals surface area (Å²) < 4.78 is 52.3. The van der Waals surface area contributed by atoms with Crippen LogP contribution in [0.2, 0.25) is 0 Å². The molecule has 1 unspecified atom stereocenters. The second-order valence-electron chi connectivity index (χ2n) is 5.67. The Morgan fingerprint density at radius 2 is 1.85 bits per heavy atom. The Kier molecular flexibility index (Phi) is 7.59. The van der Waals surface area contributed by atoms with E-state index in [9.17, 15) is 22.4 Å². The number of carbonyl (C=O) groups is 1. The monoisotopic (exact) mass is 390 g/mol. The first-order valence-corrected chi connectivity index (χ1v) is 7.65. The fourth-order valence-electron chi connectivity index (χ4n) is 2.26. The highest BCUT2D eigenvalue weighted by Gasteiger charge is 2.30. The topological polar surface area (TPSA) is 41.1 Å². The van der Waals surface area contributed by atoms with E-state index < -0.39 is 23.5 Å². The quantitative estimate of drug-likeness (QED) is 0.748. The summed E-state index contributed by atoms with van der Waals surface area (Å²) in [5.41, 5.74) is -0.407. The highest BCUT2D eigenvalue weighted by Crippen LogP contribution is 2.33. The molecule has 0 fully saturated rings. The minimum absolute atomic E-state index is 0. The Labute approximate surface area is 155 Å². The SMILES string of the molecule is CNC(C)CNC(=O)c1cc(F)ccc1-c1cccc(C(F)(F)F)c1.Cl. The highest BCUT2D eigenvalue weighted by atomic mass is 35.5. The number of nitrogens with one attached hydrogen (secondary N) is 2. The zero-order valence-corrected chi connectivity index (χ0v) is 15.0. The summed E-state index contributed by atoms with van der Waals surface area (Å²) in [5.74, 6) is -1.18. The second kappa shape index (κ2) is 9.00. The van der Waals surface area contributed by atoms with Gasteiger partial charge in [0, 0.05) is 12.6 Å². The number of halogens is 5. The van der Waals surface area contributed by atoms with Gasteiger partial charge in [-0.15, -0.1) is 12.4 Å². The summed E-state index contributed by atoms with van der Waals surface area (Å²) in [6, 6.07) is 8.04. The van der Waals surface area contributed by atoms with Crippen molar-refractivity contribution in [1.82, 2.24) is 10.6 Å². The molecule has 3 nitrogen and oxygen atoms in total. The van der Waals surface area contributed by atoms with Gasteiger partial charge in [-0.05, 0) is 49.4 Å². The molecule has 26 heavy (non-hydrogen) atoms. The van der Waals surface area contributed by atoms with Crippen molar-refractivity contribution in [2.75, 3.05) is 13.6 Å². The van der Waals surface area contributed by atoms with Gasteiger partial charge in [-0.25, -0.2) is 4.39 Å². The zero-order valence-electron chi connectivity index (χ0n) is 14.2. The first kappa shape index (κ1) is 21.9. The van der Waals surface area contributed by atoms with Gasteiger partial charge in [0.25, 0.3) is 5.91 Å². The summed E-state index contributed by atoms with van der Waals surface area (Å²) in [5, 5.41) is 5.58. The van der Waals surface area contributed by atoms with Crippen molar-refractivity contribution in [3.05, 3.63) is 59.4 Å². The van der Waals surface area contributed by atoms with E-state index in [-0.39, 0.29) is 35.1 Å². The lowest BCUT2D eigenvalue weighted by atomic mass is 9.97. The lowest BCUT2D eigenvalue weighted by molar-refractivity contribution is -0.137. The molecule has 0 saturated carbocycles. The fourth-order valence-corrected chi connectivity index (χ4v) is 2.26. The van der Waals surface area contributed by atoms with E-state index in [1.54, 1.807) is 7.05 Å². The summed E-state index contributed by atoms with van der Waals surface area (Å²) in [6.45, 7) is 2.15. The molecule has 0 heterocycles. The Bertz CT molecular complexity index is 765. The van der Waals surface area contributed by atoms with Gasteiger partial charge in [-0.2, -0.15) is 13.2 Å². The van der Waals surface area contributed by atoms with E-state index in [1.807, 2.05) is 6.92 Å². The van der Waals surface area contributed by atoms with Crippen molar-refractivity contribution in [3.63, 3.8) is 0 Å². The van der Waals surface area contributed by atoms with Crippen molar-refractivity contribution >= 4 is 18.3 Å². The molecule has 1 amide bonds. The van der Waals surface area contributed by atoms with Gasteiger partial charge < -0.3 is 10.6 Å². The average Bonchev–Trinajstić information content (AvgIpc) is 2.58. The fraction of sp³-hybridized carbons (Fsp3) is 0.278. The molecule has 0 aromatic heterocycles. The highest BCUT2D eigenvalue weighted by molar-refractivity contribution is 6.01. The van der Waals surface area contributed by atoms with Crippen LogP contribution in [0.1, 0.15) is 22.8 Å². The van der Waals surface area contributed by atoms with Crippen molar-refractivity contribution in [1.29, 1.82) is 0 Å². The molecule has 8 heteroatoms. The maximum atomic E-state index is 13.6. The van der Waals surface area contributed by atoms with Crippen LogP contribution in [0.25, 0.3) is 11.1 Å². The van der Waals surface area contributed by atoms with Gasteiger partial charge in [0.1, 0.15) is 5.82 Å². The normalized spacial score (nSPS) is 12.2. The Morgan fingerprint density at radius 3 is 2.46 bits per heavy atom. The number of carbonyl (C=O) groups excluding carboxylic acids is 1. The van der Waals surface area contributed by atoms with Crippen molar-refractivity contribution in [2.24, 2.45) is 0 Å². The van der Waals surface area contributed by atoms with Crippen LogP contribution in [0.5, 0.6) is 0 Å². The Morgan fingerprint density at radius 1 is 1.15 bits per heavy atom. The predicted molar refractivity (Wildman–Crippen MR) is 94.9 cm³/mol. The Hall–Kier alpha value is -2.12. The first-order valence-electron chi connectivity index (χ1n) is 7.65. The van der Waals surface area contributed by atoms with Crippen LogP contribution in [0.3, 0.4) is 0 Å². The number of rotatable bonds is 5. The summed E-state index contributed by atoms with van der Waals surface area (Å²) >= 11 is 0. The van der Waals surface area contributed by atoms with E-state index in [2.05, 4.69) is 10.6 Å². The minimum Gasteiger partial charge on any atom is -0.350 e. The lowest BCUT2D eigenvalue weighted by Crippen LogP contribution is -2.37. The van der Waals surface area contributed by atoms with Crippen LogP contribution in [0.15, 0.2) is 42.5 Å². The molecule has 0 aliphatic carbocycles. The molecule has 0 spiro atoms. The van der Waals surface area contributed by atoms with Gasteiger partial charge in [0.15, 0.2) is 0 Å². The Balaban J connectivity index is 0.00000338. The number of amides is 1. The maximum Gasteiger partial charge on any atom is 0.416 e. The number of hydrogen-bond donors (Lipinski definition) is 2. The van der Waals surface area contributed by atoms with Crippen LogP contribution >= 0.6 is 12.4 Å². The molecule has 0 saturated heterocycles. The number of alkyl halides is 3. The molecular weight excluding hydrogens is 372 g/mol. The van der Waals surface area contributed by atoms with Crippen molar-refractivity contribution < 1.29 is 22.4 Å². The van der Waals surface area contributed by atoms with Crippen molar-refractivity contribution in [2.45, 2.75) is 19.1 Å². The molecule has 0 aliphatic heterocycles. The molecule has 2 N–H and O–H groups in total. The van der Waals surface area contributed by atoms with E-state index in [4.69, 9.17) is 0 Å². The van der Waals surface area contributed by atoms with E-state index in [1.165, 1.54) is 18.2 Å². The molecule has 0 radical (unpaired) electrons.